The molecular weight excluding hydrogens is 348 g/mol. The van der Waals surface area contributed by atoms with Gasteiger partial charge in [0, 0.05) is 22.6 Å². The summed E-state index contributed by atoms with van der Waals surface area (Å²) in [5.41, 5.74) is 1.41. The quantitative estimate of drug-likeness (QED) is 0.595. The van der Waals surface area contributed by atoms with Gasteiger partial charge in [0.2, 0.25) is 0 Å². The number of rotatable bonds is 2. The molecule has 15 heavy (non-hydrogen) atoms. The molecule has 0 aliphatic heterocycles. The largest absolute Gasteiger partial charge is 0.478 e. The molecule has 0 radical (unpaired) electrons. The second-order valence-electron chi connectivity index (χ2n) is 2.80. The molecule has 0 bridgehead atoms. The lowest BCUT2D eigenvalue weighted by Gasteiger charge is -2.10. The van der Waals surface area contributed by atoms with Crippen molar-refractivity contribution in [2.24, 2.45) is 0 Å². The molecule has 0 unspecified atom stereocenters. The molecular formula is C10H8Cl2INO. The summed E-state index contributed by atoms with van der Waals surface area (Å²) in [5, 5.41) is 0.890. The summed E-state index contributed by atoms with van der Waals surface area (Å²) in [4.78, 5) is 4.18. The van der Waals surface area contributed by atoms with E-state index in [1.807, 2.05) is 36.4 Å². The van der Waals surface area contributed by atoms with E-state index in [1.54, 1.807) is 0 Å². The van der Waals surface area contributed by atoms with Crippen molar-refractivity contribution in [3.63, 3.8) is 0 Å². The second kappa shape index (κ2) is 5.78. The number of halogens is 3. The van der Waals surface area contributed by atoms with E-state index in [0.29, 0.717) is 27.2 Å². The molecule has 2 nitrogen and oxygen atoms in total. The fraction of sp³-hybridized carbons (Fsp3) is 0.300. The number of aromatic nitrogens is 1. The summed E-state index contributed by atoms with van der Waals surface area (Å²) in [6.07, 6.45) is 0. The van der Waals surface area contributed by atoms with Crippen LogP contribution in [0.3, 0.4) is 0 Å². The van der Waals surface area contributed by atoms with Crippen LogP contribution in [0.4, 0.5) is 0 Å². The Hall–Kier alpha value is -0.180. The molecule has 1 aromatic rings. The fourth-order valence-corrected chi connectivity index (χ4v) is 1.62. The van der Waals surface area contributed by atoms with Gasteiger partial charge in [0.1, 0.15) is 16.7 Å². The maximum Gasteiger partial charge on any atom is 0.161 e. The maximum absolute atomic E-state index is 6.03. The summed E-state index contributed by atoms with van der Waals surface area (Å²) in [5.74, 6) is 3.23. The summed E-state index contributed by atoms with van der Waals surface area (Å²) in [6, 6.07) is 0. The number of aryl methyl sites for hydroxylation is 2. The molecule has 5 heteroatoms. The van der Waals surface area contributed by atoms with Crippen LogP contribution >= 0.6 is 45.8 Å². The van der Waals surface area contributed by atoms with Crippen LogP contribution < -0.4 is 4.74 Å². The Labute approximate surface area is 112 Å². The first kappa shape index (κ1) is 12.9. The zero-order chi connectivity index (χ0) is 11.4. The molecule has 0 spiro atoms. The van der Waals surface area contributed by atoms with Gasteiger partial charge in [0.15, 0.2) is 5.75 Å². The Morgan fingerprint density at radius 3 is 2.27 bits per heavy atom. The van der Waals surface area contributed by atoms with E-state index in [9.17, 15) is 0 Å². The molecule has 80 valence electrons. The van der Waals surface area contributed by atoms with Crippen molar-refractivity contribution < 1.29 is 4.74 Å². The van der Waals surface area contributed by atoms with Crippen LogP contribution in [0.1, 0.15) is 11.4 Å². The van der Waals surface area contributed by atoms with Gasteiger partial charge in [-0.05, 0) is 17.8 Å². The standard InChI is InChI=1S/C10H8Cl2INO/c1-6-8(11)10(15-5-3-4-13)9(12)7(2)14-6/h5H2,1-2H3. The fourth-order valence-electron chi connectivity index (χ4n) is 1.04. The van der Waals surface area contributed by atoms with Gasteiger partial charge in [-0.3, -0.25) is 4.98 Å². The van der Waals surface area contributed by atoms with Crippen molar-refractivity contribution >= 4 is 45.8 Å². The highest BCUT2D eigenvalue weighted by molar-refractivity contribution is 14.1. The lowest BCUT2D eigenvalue weighted by Crippen LogP contribution is -1.99. The molecule has 0 saturated carbocycles. The van der Waals surface area contributed by atoms with Crippen LogP contribution in [0.2, 0.25) is 10.0 Å². The van der Waals surface area contributed by atoms with Crippen molar-refractivity contribution in [1.82, 2.24) is 4.98 Å². The monoisotopic (exact) mass is 355 g/mol. The topological polar surface area (TPSA) is 22.1 Å². The smallest absolute Gasteiger partial charge is 0.161 e. The summed E-state index contributed by atoms with van der Waals surface area (Å²) >= 11 is 14.0. The van der Waals surface area contributed by atoms with Crippen LogP contribution in [0, 0.1) is 23.7 Å². The van der Waals surface area contributed by atoms with Gasteiger partial charge in [-0.15, -0.1) is 0 Å². The van der Waals surface area contributed by atoms with Gasteiger partial charge in [-0.2, -0.15) is 0 Å². The van der Waals surface area contributed by atoms with Crippen molar-refractivity contribution in [1.29, 1.82) is 0 Å². The van der Waals surface area contributed by atoms with Crippen molar-refractivity contribution in [3.05, 3.63) is 21.4 Å². The van der Waals surface area contributed by atoms with Crippen LogP contribution in [0.5, 0.6) is 5.75 Å². The van der Waals surface area contributed by atoms with Gasteiger partial charge in [0.25, 0.3) is 0 Å². The molecule has 0 aromatic carbocycles. The van der Waals surface area contributed by atoms with E-state index in [1.165, 1.54) is 0 Å². The number of ether oxygens (including phenoxy) is 1. The highest BCUT2D eigenvalue weighted by atomic mass is 127. The highest BCUT2D eigenvalue weighted by Crippen LogP contribution is 2.35. The Kier molecular flexibility index (Phi) is 4.97. The minimum Gasteiger partial charge on any atom is -0.478 e. The molecule has 1 rings (SSSR count). The highest BCUT2D eigenvalue weighted by Gasteiger charge is 2.13. The molecule has 0 N–H and O–H groups in total. The third-order valence-electron chi connectivity index (χ3n) is 1.72. The number of pyridine rings is 1. The Balaban J connectivity index is 3.07. The van der Waals surface area contributed by atoms with E-state index in [4.69, 9.17) is 27.9 Å². The van der Waals surface area contributed by atoms with Gasteiger partial charge in [-0.1, -0.05) is 29.1 Å². The van der Waals surface area contributed by atoms with E-state index in [-0.39, 0.29) is 6.61 Å². The average molecular weight is 356 g/mol. The maximum atomic E-state index is 6.03. The molecule has 0 amide bonds. The van der Waals surface area contributed by atoms with E-state index >= 15 is 0 Å². The molecule has 0 aliphatic rings. The molecule has 0 saturated heterocycles. The lowest BCUT2D eigenvalue weighted by atomic mass is 10.3. The van der Waals surface area contributed by atoms with E-state index in [0.717, 1.165) is 0 Å². The SMILES string of the molecule is Cc1nc(C)c(Cl)c(OCC#CI)c1Cl. The van der Waals surface area contributed by atoms with Crippen LogP contribution in [0.15, 0.2) is 0 Å². The number of nitrogens with zero attached hydrogens (tertiary/aromatic N) is 1. The first-order chi connectivity index (χ1) is 7.07. The Morgan fingerprint density at radius 2 is 1.80 bits per heavy atom. The predicted octanol–water partition coefficient (Wildman–Crippen LogP) is 3.78. The lowest BCUT2D eigenvalue weighted by molar-refractivity contribution is 0.369. The van der Waals surface area contributed by atoms with Crippen LogP contribution in [-0.2, 0) is 0 Å². The minimum absolute atomic E-state index is 0.269. The van der Waals surface area contributed by atoms with E-state index in [2.05, 4.69) is 14.8 Å². The van der Waals surface area contributed by atoms with Crippen molar-refractivity contribution in [3.8, 4) is 15.6 Å². The number of hydrogen-bond donors (Lipinski definition) is 0. The summed E-state index contributed by atoms with van der Waals surface area (Å²) < 4.78 is 8.09. The summed E-state index contributed by atoms with van der Waals surface area (Å²) in [7, 11) is 0. The molecule has 1 aromatic heterocycles. The Bertz CT molecular complexity index is 411. The van der Waals surface area contributed by atoms with E-state index < -0.39 is 0 Å². The molecule has 0 atom stereocenters. The van der Waals surface area contributed by atoms with Gasteiger partial charge >= 0.3 is 0 Å². The molecule has 0 aliphatic carbocycles. The van der Waals surface area contributed by atoms with Gasteiger partial charge in [-0.25, -0.2) is 0 Å². The summed E-state index contributed by atoms with van der Waals surface area (Å²) in [6.45, 7) is 3.89. The second-order valence-corrected chi connectivity index (χ2v) is 4.09. The number of hydrogen-bond acceptors (Lipinski definition) is 2. The molecule has 1 heterocycles. The van der Waals surface area contributed by atoms with Crippen LogP contribution in [-0.4, -0.2) is 11.6 Å². The third kappa shape index (κ3) is 3.13. The van der Waals surface area contributed by atoms with Crippen molar-refractivity contribution in [2.75, 3.05) is 6.61 Å². The third-order valence-corrected chi connectivity index (χ3v) is 3.00. The van der Waals surface area contributed by atoms with Gasteiger partial charge in [0.05, 0.1) is 11.4 Å². The predicted molar refractivity (Wildman–Crippen MR) is 71.0 cm³/mol. The zero-order valence-corrected chi connectivity index (χ0v) is 11.9. The van der Waals surface area contributed by atoms with Crippen molar-refractivity contribution in [2.45, 2.75) is 13.8 Å². The first-order valence-corrected chi connectivity index (χ1v) is 5.95. The zero-order valence-electron chi connectivity index (χ0n) is 8.20. The first-order valence-electron chi connectivity index (χ1n) is 4.11. The average Bonchev–Trinajstić information content (AvgIpc) is 2.20. The van der Waals surface area contributed by atoms with Gasteiger partial charge < -0.3 is 4.74 Å². The van der Waals surface area contributed by atoms with Crippen LogP contribution in [0.25, 0.3) is 0 Å². The molecule has 0 fully saturated rings. The normalized spacial score (nSPS) is 9.40. The minimum atomic E-state index is 0.269. The Morgan fingerprint density at radius 1 is 1.27 bits per heavy atom.